The van der Waals surface area contributed by atoms with Gasteiger partial charge in [0.2, 0.25) is 0 Å². The van der Waals surface area contributed by atoms with E-state index in [0.717, 1.165) is 44.3 Å². The predicted octanol–water partition coefficient (Wildman–Crippen LogP) is 7.23. The zero-order valence-electron chi connectivity index (χ0n) is 22.1. The SMILES string of the molecule is OB(O)c1ccc2c3cc(-c4ccc5c(c4)c4ccccc4n5-c4ccccc4)ccc3n(-c3ccccc3)c2c1. The van der Waals surface area contributed by atoms with Crippen LogP contribution in [0.15, 0.2) is 140 Å². The van der Waals surface area contributed by atoms with Crippen LogP contribution in [0.2, 0.25) is 0 Å². The number of hydrogen-bond acceptors (Lipinski definition) is 2. The quantitative estimate of drug-likeness (QED) is 0.237. The Bertz CT molecular complexity index is 2230. The highest BCUT2D eigenvalue weighted by Crippen LogP contribution is 2.38. The molecule has 4 nitrogen and oxygen atoms in total. The molecule has 2 heterocycles. The summed E-state index contributed by atoms with van der Waals surface area (Å²) in [7, 11) is -1.53. The van der Waals surface area contributed by atoms with Gasteiger partial charge in [0.25, 0.3) is 0 Å². The minimum atomic E-state index is -1.53. The number of hydrogen-bond donors (Lipinski definition) is 2. The summed E-state index contributed by atoms with van der Waals surface area (Å²) in [4.78, 5) is 0. The lowest BCUT2D eigenvalue weighted by molar-refractivity contribution is 0.426. The van der Waals surface area contributed by atoms with Crippen molar-refractivity contribution in [3.8, 4) is 22.5 Å². The summed E-state index contributed by atoms with van der Waals surface area (Å²) < 4.78 is 4.52. The van der Waals surface area contributed by atoms with Crippen molar-refractivity contribution in [3.63, 3.8) is 0 Å². The number of fused-ring (bicyclic) bond motifs is 6. The van der Waals surface area contributed by atoms with E-state index in [1.54, 1.807) is 6.07 Å². The lowest BCUT2D eigenvalue weighted by atomic mass is 9.80. The topological polar surface area (TPSA) is 50.3 Å². The molecule has 0 amide bonds. The predicted molar refractivity (Wildman–Crippen MR) is 170 cm³/mol. The van der Waals surface area contributed by atoms with Crippen LogP contribution in [0.25, 0.3) is 66.1 Å². The normalized spacial score (nSPS) is 11.7. The van der Waals surface area contributed by atoms with E-state index in [1.807, 2.05) is 36.4 Å². The van der Waals surface area contributed by atoms with Crippen molar-refractivity contribution >= 4 is 56.2 Å². The second-order valence-electron chi connectivity index (χ2n) is 10.5. The molecule has 8 aromatic rings. The first-order valence-corrected chi connectivity index (χ1v) is 13.8. The fraction of sp³-hybridized carbons (Fsp3) is 0. The fourth-order valence-corrected chi connectivity index (χ4v) is 6.24. The van der Waals surface area contributed by atoms with E-state index >= 15 is 0 Å². The Morgan fingerprint density at radius 2 is 0.878 bits per heavy atom. The number of rotatable bonds is 4. The van der Waals surface area contributed by atoms with E-state index in [9.17, 15) is 10.0 Å². The van der Waals surface area contributed by atoms with Crippen LogP contribution in [-0.2, 0) is 0 Å². The van der Waals surface area contributed by atoms with Crippen LogP contribution in [0.5, 0.6) is 0 Å². The molecular formula is C36H25BN2O2. The molecule has 6 aromatic carbocycles. The first-order chi connectivity index (χ1) is 20.2. The van der Waals surface area contributed by atoms with E-state index in [1.165, 1.54) is 21.8 Å². The van der Waals surface area contributed by atoms with Crippen molar-refractivity contribution < 1.29 is 10.0 Å². The van der Waals surface area contributed by atoms with Gasteiger partial charge in [0.1, 0.15) is 0 Å². The van der Waals surface area contributed by atoms with Gasteiger partial charge in [-0.3, -0.25) is 0 Å². The van der Waals surface area contributed by atoms with Gasteiger partial charge in [0.05, 0.1) is 22.1 Å². The number of aromatic nitrogens is 2. The maximum Gasteiger partial charge on any atom is 0.488 e. The highest BCUT2D eigenvalue weighted by molar-refractivity contribution is 6.59. The molecule has 0 aliphatic rings. The van der Waals surface area contributed by atoms with Gasteiger partial charge in [-0.25, -0.2) is 0 Å². The molecule has 2 N–H and O–H groups in total. The molecule has 0 saturated carbocycles. The van der Waals surface area contributed by atoms with Crippen LogP contribution in [0.4, 0.5) is 0 Å². The Kier molecular flexibility index (Phi) is 5.35. The molecule has 0 radical (unpaired) electrons. The van der Waals surface area contributed by atoms with Crippen LogP contribution in [-0.4, -0.2) is 26.3 Å². The number of benzene rings is 6. The summed E-state index contributed by atoms with van der Waals surface area (Å²) in [5.74, 6) is 0. The van der Waals surface area contributed by atoms with E-state index in [4.69, 9.17) is 0 Å². The monoisotopic (exact) mass is 528 g/mol. The van der Waals surface area contributed by atoms with Crippen LogP contribution in [0, 0.1) is 0 Å². The van der Waals surface area contributed by atoms with Crippen molar-refractivity contribution in [2.75, 3.05) is 0 Å². The van der Waals surface area contributed by atoms with Crippen LogP contribution >= 0.6 is 0 Å². The first kappa shape index (κ1) is 23.8. The maximum absolute atomic E-state index is 9.89. The van der Waals surface area contributed by atoms with E-state index in [2.05, 4.69) is 106 Å². The molecule has 0 unspecified atom stereocenters. The average molecular weight is 528 g/mol. The molecule has 2 aromatic heterocycles. The van der Waals surface area contributed by atoms with Gasteiger partial charge >= 0.3 is 7.12 Å². The molecule has 0 spiro atoms. The summed E-state index contributed by atoms with van der Waals surface area (Å²) in [6, 6.07) is 48.3. The molecule has 0 atom stereocenters. The Morgan fingerprint density at radius 3 is 1.46 bits per heavy atom. The Hall–Kier alpha value is -5.10. The van der Waals surface area contributed by atoms with Gasteiger partial charge in [0.15, 0.2) is 0 Å². The summed E-state index contributed by atoms with van der Waals surface area (Å²) in [5, 5.41) is 24.4. The summed E-state index contributed by atoms with van der Waals surface area (Å²) in [6.45, 7) is 0. The highest BCUT2D eigenvalue weighted by atomic mass is 16.4. The molecule has 0 fully saturated rings. The Balaban J connectivity index is 1.36. The van der Waals surface area contributed by atoms with Crippen LogP contribution < -0.4 is 5.46 Å². The molecule has 0 bridgehead atoms. The van der Waals surface area contributed by atoms with E-state index in [0.29, 0.717) is 5.46 Å². The zero-order valence-corrected chi connectivity index (χ0v) is 22.1. The Labute approximate surface area is 237 Å². The molecule has 0 aliphatic heterocycles. The van der Waals surface area contributed by atoms with E-state index < -0.39 is 7.12 Å². The minimum Gasteiger partial charge on any atom is -0.423 e. The van der Waals surface area contributed by atoms with Crippen molar-refractivity contribution in [1.29, 1.82) is 0 Å². The molecule has 5 heteroatoms. The van der Waals surface area contributed by atoms with Crippen molar-refractivity contribution in [2.24, 2.45) is 0 Å². The molecule has 41 heavy (non-hydrogen) atoms. The van der Waals surface area contributed by atoms with Crippen LogP contribution in [0.3, 0.4) is 0 Å². The maximum atomic E-state index is 9.89. The molecule has 0 saturated heterocycles. The van der Waals surface area contributed by atoms with Gasteiger partial charge in [0, 0.05) is 32.9 Å². The zero-order chi connectivity index (χ0) is 27.5. The first-order valence-electron chi connectivity index (χ1n) is 13.8. The highest BCUT2D eigenvalue weighted by Gasteiger charge is 2.18. The molecule has 8 rings (SSSR count). The van der Waals surface area contributed by atoms with Crippen molar-refractivity contribution in [1.82, 2.24) is 9.13 Å². The second-order valence-corrected chi connectivity index (χ2v) is 10.5. The third-order valence-corrected chi connectivity index (χ3v) is 8.12. The summed E-state index contributed by atoms with van der Waals surface area (Å²) in [5.41, 5.74) is 9.31. The second kappa shape index (κ2) is 9.24. The fourth-order valence-electron chi connectivity index (χ4n) is 6.24. The van der Waals surface area contributed by atoms with Crippen molar-refractivity contribution in [2.45, 2.75) is 0 Å². The third-order valence-electron chi connectivity index (χ3n) is 8.12. The van der Waals surface area contributed by atoms with Gasteiger partial charge in [-0.15, -0.1) is 0 Å². The number of nitrogens with zero attached hydrogens (tertiary/aromatic N) is 2. The lowest BCUT2D eigenvalue weighted by Crippen LogP contribution is -2.29. The van der Waals surface area contributed by atoms with Gasteiger partial charge < -0.3 is 19.2 Å². The van der Waals surface area contributed by atoms with Crippen LogP contribution in [0.1, 0.15) is 0 Å². The van der Waals surface area contributed by atoms with Crippen molar-refractivity contribution in [3.05, 3.63) is 140 Å². The number of para-hydroxylation sites is 3. The van der Waals surface area contributed by atoms with Gasteiger partial charge in [-0.05, 0) is 77.3 Å². The molecule has 194 valence electrons. The smallest absolute Gasteiger partial charge is 0.423 e. The summed E-state index contributed by atoms with van der Waals surface area (Å²) >= 11 is 0. The molecule has 0 aliphatic carbocycles. The largest absolute Gasteiger partial charge is 0.488 e. The minimum absolute atomic E-state index is 0.470. The Morgan fingerprint density at radius 1 is 0.390 bits per heavy atom. The third kappa shape index (κ3) is 3.71. The average Bonchev–Trinajstić information content (AvgIpc) is 3.53. The molecular weight excluding hydrogens is 503 g/mol. The van der Waals surface area contributed by atoms with E-state index in [-0.39, 0.29) is 0 Å². The summed E-state index contributed by atoms with van der Waals surface area (Å²) in [6.07, 6.45) is 0. The lowest BCUT2D eigenvalue weighted by Gasteiger charge is -2.09. The van der Waals surface area contributed by atoms with Gasteiger partial charge in [-0.1, -0.05) is 78.9 Å². The standard InChI is InChI=1S/C36H25BN2O2/c40-37(41)26-17-18-30-32-22-25(16-20-35(32)39(36(30)23-26)28-11-5-2-6-12-28)24-15-19-34-31(21-24)29-13-7-8-14-33(29)38(34)27-9-3-1-4-10-27/h1-23,40-41H. The van der Waals surface area contributed by atoms with Gasteiger partial charge in [-0.2, -0.15) is 0 Å².